The summed E-state index contributed by atoms with van der Waals surface area (Å²) in [5, 5.41) is 11.6. The van der Waals surface area contributed by atoms with Crippen LogP contribution in [0.15, 0.2) is 0 Å². The van der Waals surface area contributed by atoms with Crippen LogP contribution in [-0.4, -0.2) is 47.1 Å². The summed E-state index contributed by atoms with van der Waals surface area (Å²) in [6.07, 6.45) is -0.128. The molecule has 1 heterocycles. The molecule has 1 saturated heterocycles. The van der Waals surface area contributed by atoms with Gasteiger partial charge in [-0.3, -0.25) is 14.5 Å². The van der Waals surface area contributed by atoms with Gasteiger partial charge in [-0.25, -0.2) is 0 Å². The lowest BCUT2D eigenvalue weighted by atomic mass is 10.1. The van der Waals surface area contributed by atoms with Crippen LogP contribution in [-0.2, 0) is 9.59 Å². The Bertz CT molecular complexity index is 278. The van der Waals surface area contributed by atoms with E-state index in [1.54, 1.807) is 0 Å². The SMILES string of the molecule is CC1CNC(=O)C(CC(=O)O)N(C(C)C)C1. The number of carboxylic acids is 1. The summed E-state index contributed by atoms with van der Waals surface area (Å²) in [6.45, 7) is 7.41. The highest BCUT2D eigenvalue weighted by Gasteiger charge is 2.33. The molecule has 92 valence electrons. The standard InChI is InChI=1S/C11H20N2O3/c1-7(2)13-6-8(3)5-12-11(16)9(13)4-10(14)15/h7-9H,4-6H2,1-3H3,(H,12,16)(H,14,15). The zero-order valence-corrected chi connectivity index (χ0v) is 10.1. The number of nitrogens with one attached hydrogen (secondary N) is 1. The van der Waals surface area contributed by atoms with E-state index in [1.165, 1.54) is 0 Å². The van der Waals surface area contributed by atoms with Gasteiger partial charge >= 0.3 is 5.97 Å². The smallest absolute Gasteiger partial charge is 0.305 e. The molecular weight excluding hydrogens is 208 g/mol. The lowest BCUT2D eigenvalue weighted by Crippen LogP contribution is -2.48. The predicted octanol–water partition coefficient (Wildman–Crippen LogP) is 0.306. The second-order valence-electron chi connectivity index (χ2n) is 4.75. The zero-order valence-electron chi connectivity index (χ0n) is 10.1. The molecule has 5 nitrogen and oxygen atoms in total. The number of hydrogen-bond donors (Lipinski definition) is 2. The van der Waals surface area contributed by atoms with E-state index in [2.05, 4.69) is 12.2 Å². The molecule has 0 aliphatic carbocycles. The fourth-order valence-electron chi connectivity index (χ4n) is 2.04. The van der Waals surface area contributed by atoms with Gasteiger partial charge in [-0.15, -0.1) is 0 Å². The number of nitrogens with zero attached hydrogens (tertiary/aromatic N) is 1. The molecule has 16 heavy (non-hydrogen) atoms. The van der Waals surface area contributed by atoms with Gasteiger partial charge in [0.2, 0.25) is 5.91 Å². The Morgan fingerprint density at radius 1 is 1.62 bits per heavy atom. The quantitative estimate of drug-likeness (QED) is 0.729. The average molecular weight is 228 g/mol. The van der Waals surface area contributed by atoms with E-state index in [1.807, 2.05) is 18.7 Å². The summed E-state index contributed by atoms with van der Waals surface area (Å²) in [6, 6.07) is -0.363. The maximum Gasteiger partial charge on any atom is 0.305 e. The Kier molecular flexibility index (Phi) is 4.29. The van der Waals surface area contributed by atoms with Gasteiger partial charge in [-0.1, -0.05) is 6.92 Å². The van der Waals surface area contributed by atoms with Crippen molar-refractivity contribution in [1.82, 2.24) is 10.2 Å². The van der Waals surface area contributed by atoms with E-state index in [-0.39, 0.29) is 18.4 Å². The molecule has 0 aromatic carbocycles. The molecular formula is C11H20N2O3. The molecule has 1 fully saturated rings. The van der Waals surface area contributed by atoms with Crippen LogP contribution in [0.4, 0.5) is 0 Å². The highest BCUT2D eigenvalue weighted by molar-refractivity contribution is 5.86. The van der Waals surface area contributed by atoms with Crippen molar-refractivity contribution >= 4 is 11.9 Å². The number of carbonyl (C=O) groups is 2. The summed E-state index contributed by atoms with van der Waals surface area (Å²) < 4.78 is 0. The number of amides is 1. The van der Waals surface area contributed by atoms with Crippen molar-refractivity contribution in [1.29, 1.82) is 0 Å². The summed E-state index contributed by atoms with van der Waals surface area (Å²) in [4.78, 5) is 24.5. The lowest BCUT2D eigenvalue weighted by Gasteiger charge is -2.31. The Morgan fingerprint density at radius 3 is 2.75 bits per heavy atom. The first-order chi connectivity index (χ1) is 7.41. The third-order valence-corrected chi connectivity index (χ3v) is 2.88. The van der Waals surface area contributed by atoms with Crippen molar-refractivity contribution in [3.8, 4) is 0 Å². The second kappa shape index (κ2) is 5.30. The van der Waals surface area contributed by atoms with Gasteiger partial charge in [0, 0.05) is 19.1 Å². The molecule has 2 atom stereocenters. The molecule has 5 heteroatoms. The van der Waals surface area contributed by atoms with Crippen LogP contribution in [0, 0.1) is 5.92 Å². The predicted molar refractivity (Wildman–Crippen MR) is 60.1 cm³/mol. The maximum absolute atomic E-state index is 11.8. The molecule has 2 unspecified atom stereocenters. The van der Waals surface area contributed by atoms with Crippen LogP contribution in [0.5, 0.6) is 0 Å². The van der Waals surface area contributed by atoms with Gasteiger partial charge < -0.3 is 10.4 Å². The highest BCUT2D eigenvalue weighted by Crippen LogP contribution is 2.15. The molecule has 0 bridgehead atoms. The van der Waals surface area contributed by atoms with Gasteiger partial charge in [0.25, 0.3) is 0 Å². The van der Waals surface area contributed by atoms with Gasteiger partial charge in [-0.2, -0.15) is 0 Å². The summed E-state index contributed by atoms with van der Waals surface area (Å²) in [5.74, 6) is -0.744. The first kappa shape index (κ1) is 13.0. The molecule has 0 aromatic rings. The van der Waals surface area contributed by atoms with Gasteiger partial charge in [0.05, 0.1) is 12.5 Å². The largest absolute Gasteiger partial charge is 0.481 e. The monoisotopic (exact) mass is 228 g/mol. The van der Waals surface area contributed by atoms with Crippen LogP contribution >= 0.6 is 0 Å². The first-order valence-electron chi connectivity index (χ1n) is 5.67. The molecule has 0 radical (unpaired) electrons. The number of carbonyl (C=O) groups excluding carboxylic acids is 1. The Hall–Kier alpha value is -1.10. The zero-order chi connectivity index (χ0) is 12.3. The topological polar surface area (TPSA) is 69.6 Å². The molecule has 1 amide bonds. The van der Waals surface area contributed by atoms with Crippen LogP contribution < -0.4 is 5.32 Å². The first-order valence-corrected chi connectivity index (χ1v) is 5.67. The Labute approximate surface area is 95.8 Å². The van der Waals surface area contributed by atoms with Crippen LogP contribution in [0.25, 0.3) is 0 Å². The third-order valence-electron chi connectivity index (χ3n) is 2.88. The third kappa shape index (κ3) is 3.20. The highest BCUT2D eigenvalue weighted by atomic mass is 16.4. The minimum Gasteiger partial charge on any atom is -0.481 e. The van der Waals surface area contributed by atoms with Crippen molar-refractivity contribution < 1.29 is 14.7 Å². The molecule has 2 N–H and O–H groups in total. The van der Waals surface area contributed by atoms with Crippen LogP contribution in [0.2, 0.25) is 0 Å². The number of hydrogen-bond acceptors (Lipinski definition) is 3. The van der Waals surface area contributed by atoms with Crippen molar-refractivity contribution in [2.24, 2.45) is 5.92 Å². The maximum atomic E-state index is 11.8. The Morgan fingerprint density at radius 2 is 2.25 bits per heavy atom. The van der Waals surface area contributed by atoms with E-state index in [0.29, 0.717) is 12.5 Å². The normalized spacial score (nSPS) is 27.6. The van der Waals surface area contributed by atoms with Gasteiger partial charge in [0.1, 0.15) is 0 Å². The fourth-order valence-corrected chi connectivity index (χ4v) is 2.04. The number of rotatable bonds is 3. The lowest BCUT2D eigenvalue weighted by molar-refractivity contribution is -0.142. The molecule has 0 spiro atoms. The van der Waals surface area contributed by atoms with Crippen molar-refractivity contribution in [2.75, 3.05) is 13.1 Å². The van der Waals surface area contributed by atoms with E-state index in [0.717, 1.165) is 6.54 Å². The average Bonchev–Trinajstić information content (AvgIpc) is 2.30. The minimum absolute atomic E-state index is 0.128. The second-order valence-corrected chi connectivity index (χ2v) is 4.75. The molecule has 0 aromatic heterocycles. The van der Waals surface area contributed by atoms with Gasteiger partial charge in [0.15, 0.2) is 0 Å². The molecule has 1 aliphatic rings. The van der Waals surface area contributed by atoms with E-state index in [9.17, 15) is 9.59 Å². The fraction of sp³-hybridized carbons (Fsp3) is 0.818. The Balaban J connectivity index is 2.85. The summed E-state index contributed by atoms with van der Waals surface area (Å²) in [5.41, 5.74) is 0. The van der Waals surface area contributed by atoms with Crippen molar-refractivity contribution in [3.63, 3.8) is 0 Å². The summed E-state index contributed by atoms with van der Waals surface area (Å²) in [7, 11) is 0. The van der Waals surface area contributed by atoms with Crippen LogP contribution in [0.1, 0.15) is 27.2 Å². The van der Waals surface area contributed by atoms with E-state index < -0.39 is 12.0 Å². The van der Waals surface area contributed by atoms with E-state index >= 15 is 0 Å². The van der Waals surface area contributed by atoms with Crippen molar-refractivity contribution in [2.45, 2.75) is 39.3 Å². The molecule has 1 rings (SSSR count). The number of aliphatic carboxylic acids is 1. The number of carboxylic acid groups (broad SMARTS) is 1. The summed E-state index contributed by atoms with van der Waals surface area (Å²) >= 11 is 0. The van der Waals surface area contributed by atoms with Gasteiger partial charge in [-0.05, 0) is 19.8 Å². The van der Waals surface area contributed by atoms with E-state index in [4.69, 9.17) is 5.11 Å². The van der Waals surface area contributed by atoms with Crippen LogP contribution in [0.3, 0.4) is 0 Å². The molecule has 1 aliphatic heterocycles. The molecule has 0 saturated carbocycles. The van der Waals surface area contributed by atoms with Crippen molar-refractivity contribution in [3.05, 3.63) is 0 Å². The minimum atomic E-state index is -0.930.